The summed E-state index contributed by atoms with van der Waals surface area (Å²) in [6.45, 7) is 0.319. The van der Waals surface area contributed by atoms with Crippen LogP contribution in [0, 0.1) is 0 Å². The van der Waals surface area contributed by atoms with Gasteiger partial charge in [-0.15, -0.1) is 0 Å². The topological polar surface area (TPSA) is 71.2 Å². The van der Waals surface area contributed by atoms with Gasteiger partial charge in [0, 0.05) is 17.8 Å². The first kappa shape index (κ1) is 15.3. The molecule has 0 bridgehead atoms. The molecule has 3 rings (SSSR count). The highest BCUT2D eigenvalue weighted by Crippen LogP contribution is 2.19. The maximum atomic E-state index is 12.4. The number of rotatable bonds is 4. The van der Waals surface area contributed by atoms with E-state index in [0.717, 1.165) is 42.5 Å². The summed E-state index contributed by atoms with van der Waals surface area (Å²) in [5, 5.41) is 2.80. The standard InChI is InChI=1S/C18H20N2O3/c1-23-16-9-5-3-7-13(16)11-19-17(21)14-10-12-6-2-4-8-15(12)20-18(14)22/h3,5,7,9-10H,2,4,6,8,11H2,1H3,(H,19,21)(H,20,22). The summed E-state index contributed by atoms with van der Waals surface area (Å²) < 4.78 is 5.26. The zero-order valence-corrected chi connectivity index (χ0v) is 13.1. The molecule has 0 unspecified atom stereocenters. The lowest BCUT2D eigenvalue weighted by Crippen LogP contribution is -2.30. The van der Waals surface area contributed by atoms with Crippen LogP contribution >= 0.6 is 0 Å². The summed E-state index contributed by atoms with van der Waals surface area (Å²) in [5.74, 6) is 0.359. The minimum absolute atomic E-state index is 0.181. The number of nitrogens with one attached hydrogen (secondary N) is 2. The molecule has 0 saturated heterocycles. The van der Waals surface area contributed by atoms with Crippen LogP contribution in [-0.4, -0.2) is 18.0 Å². The molecule has 1 aliphatic rings. The minimum atomic E-state index is -0.356. The second-order valence-corrected chi connectivity index (χ2v) is 5.72. The molecule has 1 aromatic carbocycles. The van der Waals surface area contributed by atoms with Gasteiger partial charge in [-0.05, 0) is 43.4 Å². The second kappa shape index (κ2) is 6.69. The highest BCUT2D eigenvalue weighted by Gasteiger charge is 2.17. The lowest BCUT2D eigenvalue weighted by Gasteiger charge is -2.16. The van der Waals surface area contributed by atoms with Crippen LogP contribution in [0.4, 0.5) is 0 Å². The quantitative estimate of drug-likeness (QED) is 0.909. The Bertz CT molecular complexity index is 780. The third-order valence-corrected chi connectivity index (χ3v) is 4.21. The molecule has 1 amide bonds. The number of aromatic nitrogens is 1. The number of para-hydroxylation sites is 1. The van der Waals surface area contributed by atoms with Gasteiger partial charge in [0.2, 0.25) is 0 Å². The maximum Gasteiger partial charge on any atom is 0.261 e. The van der Waals surface area contributed by atoms with Crippen molar-refractivity contribution in [2.75, 3.05) is 7.11 Å². The molecule has 1 aliphatic carbocycles. The number of carbonyl (C=O) groups is 1. The van der Waals surface area contributed by atoms with E-state index in [0.29, 0.717) is 12.3 Å². The van der Waals surface area contributed by atoms with E-state index in [1.54, 1.807) is 13.2 Å². The lowest BCUT2D eigenvalue weighted by molar-refractivity contribution is 0.0949. The van der Waals surface area contributed by atoms with Crippen LogP contribution in [0.25, 0.3) is 0 Å². The molecule has 1 heterocycles. The fourth-order valence-electron chi connectivity index (χ4n) is 2.96. The van der Waals surface area contributed by atoms with Crippen LogP contribution in [0.15, 0.2) is 35.1 Å². The van der Waals surface area contributed by atoms with E-state index < -0.39 is 0 Å². The van der Waals surface area contributed by atoms with Gasteiger partial charge in [-0.1, -0.05) is 18.2 Å². The molecule has 0 atom stereocenters. The number of aromatic amines is 1. The Kier molecular flexibility index (Phi) is 4.46. The summed E-state index contributed by atoms with van der Waals surface area (Å²) >= 11 is 0. The average Bonchev–Trinajstić information content (AvgIpc) is 2.59. The maximum absolute atomic E-state index is 12.4. The Morgan fingerprint density at radius 1 is 1.26 bits per heavy atom. The Balaban J connectivity index is 1.77. The molecule has 0 aliphatic heterocycles. The van der Waals surface area contributed by atoms with Crippen LogP contribution in [-0.2, 0) is 19.4 Å². The van der Waals surface area contributed by atoms with Gasteiger partial charge in [0.05, 0.1) is 7.11 Å². The van der Waals surface area contributed by atoms with Gasteiger partial charge >= 0.3 is 0 Å². The number of pyridine rings is 1. The Hall–Kier alpha value is -2.56. The molecule has 0 spiro atoms. The minimum Gasteiger partial charge on any atom is -0.496 e. The van der Waals surface area contributed by atoms with E-state index in [4.69, 9.17) is 4.74 Å². The van der Waals surface area contributed by atoms with Crippen LogP contribution in [0.2, 0.25) is 0 Å². The number of methoxy groups -OCH3 is 1. The van der Waals surface area contributed by atoms with Gasteiger partial charge in [0.1, 0.15) is 11.3 Å². The number of carbonyl (C=O) groups excluding carboxylic acids is 1. The van der Waals surface area contributed by atoms with Gasteiger partial charge in [0.15, 0.2) is 0 Å². The van der Waals surface area contributed by atoms with Crippen molar-refractivity contribution in [1.82, 2.24) is 10.3 Å². The molecule has 120 valence electrons. The van der Waals surface area contributed by atoms with E-state index in [1.165, 1.54) is 0 Å². The number of aryl methyl sites for hydroxylation is 2. The Morgan fingerprint density at radius 3 is 2.87 bits per heavy atom. The molecule has 2 aromatic rings. The van der Waals surface area contributed by atoms with E-state index >= 15 is 0 Å². The smallest absolute Gasteiger partial charge is 0.261 e. The fraction of sp³-hybridized carbons (Fsp3) is 0.333. The predicted octanol–water partition coefficient (Wildman–Crippen LogP) is 2.19. The summed E-state index contributed by atoms with van der Waals surface area (Å²) in [4.78, 5) is 27.3. The van der Waals surface area contributed by atoms with Gasteiger partial charge in [-0.3, -0.25) is 9.59 Å². The first-order valence-corrected chi connectivity index (χ1v) is 7.84. The highest BCUT2D eigenvalue weighted by atomic mass is 16.5. The third-order valence-electron chi connectivity index (χ3n) is 4.21. The number of hydrogen-bond donors (Lipinski definition) is 2. The first-order chi connectivity index (χ1) is 11.2. The molecule has 2 N–H and O–H groups in total. The molecule has 5 nitrogen and oxygen atoms in total. The molecule has 0 radical (unpaired) electrons. The molecule has 0 fully saturated rings. The van der Waals surface area contributed by atoms with Crippen LogP contribution in [0.5, 0.6) is 5.75 Å². The predicted molar refractivity (Wildman–Crippen MR) is 87.9 cm³/mol. The number of fused-ring (bicyclic) bond motifs is 1. The summed E-state index contributed by atoms with van der Waals surface area (Å²) in [6, 6.07) is 9.22. The van der Waals surface area contributed by atoms with Gasteiger partial charge in [-0.2, -0.15) is 0 Å². The van der Waals surface area contributed by atoms with Crippen LogP contribution in [0.1, 0.15) is 40.0 Å². The van der Waals surface area contributed by atoms with Crippen molar-refractivity contribution in [3.8, 4) is 5.75 Å². The molecule has 23 heavy (non-hydrogen) atoms. The van der Waals surface area contributed by atoms with Crippen molar-refractivity contribution in [2.45, 2.75) is 32.2 Å². The molecule has 0 saturated carbocycles. The van der Waals surface area contributed by atoms with Crippen LogP contribution < -0.4 is 15.6 Å². The fourth-order valence-corrected chi connectivity index (χ4v) is 2.96. The van der Waals surface area contributed by atoms with Gasteiger partial charge in [0.25, 0.3) is 11.5 Å². The molecular weight excluding hydrogens is 292 g/mol. The Labute approximate surface area is 134 Å². The summed E-state index contributed by atoms with van der Waals surface area (Å²) in [7, 11) is 1.59. The Morgan fingerprint density at radius 2 is 2.04 bits per heavy atom. The monoisotopic (exact) mass is 312 g/mol. The van der Waals surface area contributed by atoms with Crippen molar-refractivity contribution >= 4 is 5.91 Å². The number of hydrogen-bond acceptors (Lipinski definition) is 3. The zero-order valence-electron chi connectivity index (χ0n) is 13.1. The van der Waals surface area contributed by atoms with Crippen molar-refractivity contribution in [3.63, 3.8) is 0 Å². The average molecular weight is 312 g/mol. The van der Waals surface area contributed by atoms with E-state index in [-0.39, 0.29) is 17.0 Å². The van der Waals surface area contributed by atoms with Gasteiger partial charge < -0.3 is 15.0 Å². The third kappa shape index (κ3) is 3.28. The normalized spacial score (nSPS) is 13.3. The van der Waals surface area contributed by atoms with Crippen LogP contribution in [0.3, 0.4) is 0 Å². The zero-order chi connectivity index (χ0) is 16.2. The largest absolute Gasteiger partial charge is 0.496 e. The number of H-pyrrole nitrogens is 1. The first-order valence-electron chi connectivity index (χ1n) is 7.84. The highest BCUT2D eigenvalue weighted by molar-refractivity contribution is 5.94. The molecule has 5 heteroatoms. The van der Waals surface area contributed by atoms with Gasteiger partial charge in [-0.25, -0.2) is 0 Å². The second-order valence-electron chi connectivity index (χ2n) is 5.72. The number of ether oxygens (including phenoxy) is 1. The molecular formula is C18H20N2O3. The lowest BCUT2D eigenvalue weighted by atomic mass is 9.95. The SMILES string of the molecule is COc1ccccc1CNC(=O)c1cc2c([nH]c1=O)CCCC2. The van der Waals surface area contributed by atoms with Crippen molar-refractivity contribution in [1.29, 1.82) is 0 Å². The van der Waals surface area contributed by atoms with E-state index in [1.807, 2.05) is 24.3 Å². The number of benzene rings is 1. The molecule has 1 aromatic heterocycles. The number of amides is 1. The summed E-state index contributed by atoms with van der Waals surface area (Å²) in [5.41, 5.74) is 2.79. The van der Waals surface area contributed by atoms with Crippen molar-refractivity contribution in [3.05, 3.63) is 63.1 Å². The van der Waals surface area contributed by atoms with Crippen molar-refractivity contribution in [2.24, 2.45) is 0 Å². The van der Waals surface area contributed by atoms with E-state index in [2.05, 4.69) is 10.3 Å². The van der Waals surface area contributed by atoms with Crippen molar-refractivity contribution < 1.29 is 9.53 Å². The van der Waals surface area contributed by atoms with E-state index in [9.17, 15) is 9.59 Å². The summed E-state index contributed by atoms with van der Waals surface area (Å²) in [6.07, 6.45) is 3.98.